The second-order valence-electron chi connectivity index (χ2n) is 3.93. The summed E-state index contributed by atoms with van der Waals surface area (Å²) in [5.74, 6) is -1.18. The Bertz CT molecular complexity index is 407. The van der Waals surface area contributed by atoms with Gasteiger partial charge in [-0.25, -0.2) is 4.79 Å². The van der Waals surface area contributed by atoms with Crippen molar-refractivity contribution in [3.63, 3.8) is 0 Å². The van der Waals surface area contributed by atoms with Crippen molar-refractivity contribution in [2.45, 2.75) is 26.0 Å². The highest BCUT2D eigenvalue weighted by Gasteiger charge is 2.27. The van der Waals surface area contributed by atoms with Crippen LogP contribution in [-0.4, -0.2) is 23.2 Å². The molecular formula is C11H13F2NO3. The molecule has 0 aliphatic heterocycles. The number of rotatable bonds is 5. The molecule has 6 heteroatoms. The van der Waals surface area contributed by atoms with Gasteiger partial charge in [-0.15, -0.1) is 0 Å². The van der Waals surface area contributed by atoms with Crippen LogP contribution in [0.1, 0.15) is 13.8 Å². The molecule has 0 bridgehead atoms. The van der Waals surface area contributed by atoms with E-state index in [9.17, 15) is 13.6 Å². The third-order valence-corrected chi connectivity index (χ3v) is 2.08. The molecule has 0 amide bonds. The van der Waals surface area contributed by atoms with Crippen molar-refractivity contribution >= 4 is 11.7 Å². The molecule has 0 spiro atoms. The lowest BCUT2D eigenvalue weighted by Gasteiger charge is -2.23. The Kier molecular flexibility index (Phi) is 3.88. The van der Waals surface area contributed by atoms with Crippen molar-refractivity contribution in [1.29, 1.82) is 0 Å². The highest BCUT2D eigenvalue weighted by Crippen LogP contribution is 2.28. The van der Waals surface area contributed by atoms with Crippen LogP contribution in [-0.2, 0) is 4.79 Å². The molecule has 0 unspecified atom stereocenters. The minimum absolute atomic E-state index is 0.0863. The number of carbonyl (C=O) groups is 1. The molecule has 0 aliphatic rings. The Morgan fingerprint density at radius 3 is 2.53 bits per heavy atom. The van der Waals surface area contributed by atoms with Crippen molar-refractivity contribution < 1.29 is 23.4 Å². The zero-order chi connectivity index (χ0) is 13.1. The number of anilines is 1. The minimum atomic E-state index is -2.95. The summed E-state index contributed by atoms with van der Waals surface area (Å²) in [7, 11) is 0. The second kappa shape index (κ2) is 4.99. The molecular weight excluding hydrogens is 232 g/mol. The number of alkyl halides is 2. The number of hydrogen-bond donors (Lipinski definition) is 2. The maximum absolute atomic E-state index is 12.1. The number of hydrogen-bond acceptors (Lipinski definition) is 3. The Morgan fingerprint density at radius 2 is 2.00 bits per heavy atom. The quantitative estimate of drug-likeness (QED) is 0.837. The largest absolute Gasteiger partial charge is 0.480 e. The number of ether oxygens (including phenoxy) is 1. The summed E-state index contributed by atoms with van der Waals surface area (Å²) >= 11 is 0. The molecule has 0 saturated heterocycles. The van der Waals surface area contributed by atoms with Gasteiger partial charge in [0.25, 0.3) is 0 Å². The van der Waals surface area contributed by atoms with E-state index in [-0.39, 0.29) is 11.4 Å². The van der Waals surface area contributed by atoms with E-state index in [0.717, 1.165) is 0 Å². The van der Waals surface area contributed by atoms with Gasteiger partial charge in [0.2, 0.25) is 0 Å². The summed E-state index contributed by atoms with van der Waals surface area (Å²) in [6.45, 7) is -0.103. The smallest absolute Gasteiger partial charge is 0.387 e. The molecule has 0 aliphatic carbocycles. The summed E-state index contributed by atoms with van der Waals surface area (Å²) in [6, 6.07) is 5.93. The zero-order valence-electron chi connectivity index (χ0n) is 9.41. The van der Waals surface area contributed by atoms with Gasteiger partial charge in [-0.1, -0.05) is 12.1 Å². The molecule has 1 aromatic rings. The first-order valence-corrected chi connectivity index (χ1v) is 4.88. The SMILES string of the molecule is CC(C)(Nc1ccccc1OC(F)F)C(=O)O. The molecule has 2 N–H and O–H groups in total. The molecule has 1 aromatic carbocycles. The topological polar surface area (TPSA) is 58.6 Å². The Balaban J connectivity index is 2.94. The van der Waals surface area contributed by atoms with Crippen LogP contribution in [0.3, 0.4) is 0 Å². The highest BCUT2D eigenvalue weighted by molar-refractivity contribution is 5.82. The standard InChI is InChI=1S/C11H13F2NO3/c1-11(2,9(15)16)14-7-5-3-4-6-8(7)17-10(12)13/h3-6,10,14H,1-2H3,(H,15,16). The van der Waals surface area contributed by atoms with Crippen LogP contribution in [0, 0.1) is 0 Å². The van der Waals surface area contributed by atoms with Gasteiger partial charge >= 0.3 is 12.6 Å². The molecule has 4 nitrogen and oxygen atoms in total. The van der Waals surface area contributed by atoms with Crippen LogP contribution in [0.5, 0.6) is 5.75 Å². The Morgan fingerprint density at radius 1 is 1.41 bits per heavy atom. The van der Waals surface area contributed by atoms with Crippen LogP contribution < -0.4 is 10.1 Å². The van der Waals surface area contributed by atoms with Crippen LogP contribution >= 0.6 is 0 Å². The van der Waals surface area contributed by atoms with Gasteiger partial charge < -0.3 is 15.2 Å². The number of carboxylic acid groups (broad SMARTS) is 1. The van der Waals surface area contributed by atoms with E-state index < -0.39 is 18.1 Å². The van der Waals surface area contributed by atoms with E-state index in [0.29, 0.717) is 0 Å². The van der Waals surface area contributed by atoms with Crippen molar-refractivity contribution in [3.8, 4) is 5.75 Å². The number of carboxylic acids is 1. The average Bonchev–Trinajstić information content (AvgIpc) is 2.19. The lowest BCUT2D eigenvalue weighted by atomic mass is 10.1. The third-order valence-electron chi connectivity index (χ3n) is 2.08. The van der Waals surface area contributed by atoms with E-state index in [2.05, 4.69) is 10.1 Å². The van der Waals surface area contributed by atoms with Crippen LogP contribution in [0.15, 0.2) is 24.3 Å². The Labute approximate surface area is 97.2 Å². The van der Waals surface area contributed by atoms with E-state index in [1.807, 2.05) is 0 Å². The third kappa shape index (κ3) is 3.58. The fourth-order valence-corrected chi connectivity index (χ4v) is 1.16. The van der Waals surface area contributed by atoms with E-state index in [1.54, 1.807) is 6.07 Å². The van der Waals surface area contributed by atoms with Gasteiger partial charge in [-0.3, -0.25) is 0 Å². The first-order chi connectivity index (χ1) is 7.83. The maximum atomic E-state index is 12.1. The van der Waals surface area contributed by atoms with Crippen molar-refractivity contribution in [2.24, 2.45) is 0 Å². The fraction of sp³-hybridized carbons (Fsp3) is 0.364. The number of benzene rings is 1. The van der Waals surface area contributed by atoms with Gasteiger partial charge in [-0.05, 0) is 26.0 Å². The summed E-state index contributed by atoms with van der Waals surface area (Å²) < 4.78 is 28.5. The lowest BCUT2D eigenvalue weighted by molar-refractivity contribution is -0.141. The minimum Gasteiger partial charge on any atom is -0.480 e. The van der Waals surface area contributed by atoms with Crippen LogP contribution in [0.25, 0.3) is 0 Å². The van der Waals surface area contributed by atoms with Crippen molar-refractivity contribution in [1.82, 2.24) is 0 Å². The molecule has 0 heterocycles. The van der Waals surface area contributed by atoms with Crippen molar-refractivity contribution in [2.75, 3.05) is 5.32 Å². The van der Waals surface area contributed by atoms with E-state index >= 15 is 0 Å². The van der Waals surface area contributed by atoms with Gasteiger partial charge in [-0.2, -0.15) is 8.78 Å². The molecule has 0 radical (unpaired) electrons. The predicted octanol–water partition coefficient (Wildman–Crippen LogP) is 2.56. The van der Waals surface area contributed by atoms with Crippen molar-refractivity contribution in [3.05, 3.63) is 24.3 Å². The summed E-state index contributed by atoms with van der Waals surface area (Å²) in [5.41, 5.74) is -1.07. The molecule has 17 heavy (non-hydrogen) atoms. The maximum Gasteiger partial charge on any atom is 0.387 e. The first kappa shape index (κ1) is 13.2. The molecule has 0 aromatic heterocycles. The average molecular weight is 245 g/mol. The fourth-order valence-electron chi connectivity index (χ4n) is 1.16. The normalized spacial score (nSPS) is 11.4. The molecule has 0 fully saturated rings. The van der Waals surface area contributed by atoms with Gasteiger partial charge in [0, 0.05) is 0 Å². The number of halogens is 2. The number of aliphatic carboxylic acids is 1. The summed E-state index contributed by atoms with van der Waals surface area (Å²) in [5, 5.41) is 11.6. The Hall–Kier alpha value is -1.85. The predicted molar refractivity (Wildman–Crippen MR) is 58.4 cm³/mol. The second-order valence-corrected chi connectivity index (χ2v) is 3.93. The van der Waals surface area contributed by atoms with Gasteiger partial charge in [0.1, 0.15) is 11.3 Å². The lowest BCUT2D eigenvalue weighted by Crippen LogP contribution is -2.40. The monoisotopic (exact) mass is 245 g/mol. The first-order valence-electron chi connectivity index (χ1n) is 4.88. The van der Waals surface area contributed by atoms with E-state index in [4.69, 9.17) is 5.11 Å². The molecule has 1 rings (SSSR count). The molecule has 0 atom stereocenters. The number of nitrogens with one attached hydrogen (secondary N) is 1. The highest BCUT2D eigenvalue weighted by atomic mass is 19.3. The molecule has 94 valence electrons. The van der Waals surface area contributed by atoms with Gasteiger partial charge in [0.15, 0.2) is 0 Å². The molecule has 0 saturated carbocycles. The van der Waals surface area contributed by atoms with Crippen LogP contribution in [0.2, 0.25) is 0 Å². The summed E-state index contributed by atoms with van der Waals surface area (Å²) in [6.07, 6.45) is 0. The zero-order valence-corrected chi connectivity index (χ0v) is 9.41. The van der Waals surface area contributed by atoms with E-state index in [1.165, 1.54) is 32.0 Å². The van der Waals surface area contributed by atoms with Gasteiger partial charge in [0.05, 0.1) is 5.69 Å². The van der Waals surface area contributed by atoms with Crippen LogP contribution in [0.4, 0.5) is 14.5 Å². The number of para-hydroxylation sites is 2. The summed E-state index contributed by atoms with van der Waals surface area (Å²) in [4.78, 5) is 10.9.